The van der Waals surface area contributed by atoms with Gasteiger partial charge in [0.15, 0.2) is 0 Å². The van der Waals surface area contributed by atoms with E-state index in [0.29, 0.717) is 27.6 Å². The molecule has 2 N–H and O–H groups in total. The molecular formula is C21H18ClNO5S. The van der Waals surface area contributed by atoms with Gasteiger partial charge in [0.05, 0.1) is 18.9 Å². The molecule has 2 aliphatic rings. The predicted molar refractivity (Wildman–Crippen MR) is 110 cm³/mol. The number of benzene rings is 1. The summed E-state index contributed by atoms with van der Waals surface area (Å²) in [7, 11) is 1.27. The van der Waals surface area contributed by atoms with Crippen LogP contribution in [0.3, 0.4) is 0 Å². The number of ether oxygens (including phenoxy) is 1. The van der Waals surface area contributed by atoms with Crippen LogP contribution in [0.25, 0.3) is 11.1 Å². The Hall–Kier alpha value is -2.64. The van der Waals surface area contributed by atoms with Gasteiger partial charge in [-0.2, -0.15) is 0 Å². The van der Waals surface area contributed by atoms with E-state index in [9.17, 15) is 19.5 Å². The molecule has 1 fully saturated rings. The van der Waals surface area contributed by atoms with Gasteiger partial charge in [-0.25, -0.2) is 4.79 Å². The largest absolute Gasteiger partial charge is 0.481 e. The lowest BCUT2D eigenvalue weighted by atomic mass is 9.82. The molecule has 0 spiro atoms. The summed E-state index contributed by atoms with van der Waals surface area (Å²) in [6, 6.07) is 7.08. The molecule has 0 radical (unpaired) electrons. The van der Waals surface area contributed by atoms with Gasteiger partial charge in [-0.05, 0) is 24.3 Å². The molecule has 4 rings (SSSR count). The van der Waals surface area contributed by atoms with Crippen molar-refractivity contribution in [3.05, 3.63) is 52.4 Å². The summed E-state index contributed by atoms with van der Waals surface area (Å²) in [6.45, 7) is 0. The van der Waals surface area contributed by atoms with E-state index in [-0.39, 0.29) is 17.4 Å². The number of hydrogen-bond acceptors (Lipinski definition) is 5. The lowest BCUT2D eigenvalue weighted by Crippen LogP contribution is -2.36. The Morgan fingerprint density at radius 2 is 1.83 bits per heavy atom. The monoisotopic (exact) mass is 431 g/mol. The van der Waals surface area contributed by atoms with Gasteiger partial charge in [-0.1, -0.05) is 42.0 Å². The highest BCUT2D eigenvalue weighted by atomic mass is 35.5. The third-order valence-electron chi connectivity index (χ3n) is 5.63. The summed E-state index contributed by atoms with van der Waals surface area (Å²) in [5, 5.41) is 14.9. The number of anilines is 1. The maximum absolute atomic E-state index is 13.0. The molecule has 6 nitrogen and oxygen atoms in total. The minimum Gasteiger partial charge on any atom is -0.481 e. The second-order valence-corrected chi connectivity index (χ2v) is 8.44. The van der Waals surface area contributed by atoms with E-state index in [1.165, 1.54) is 18.4 Å². The number of fused-ring (bicyclic) bond motifs is 2. The number of esters is 1. The van der Waals surface area contributed by atoms with Crippen molar-refractivity contribution >= 4 is 45.8 Å². The Kier molecular flexibility index (Phi) is 5.19. The van der Waals surface area contributed by atoms with Crippen LogP contribution in [0.4, 0.5) is 5.00 Å². The molecule has 8 heteroatoms. The number of amides is 1. The Bertz CT molecular complexity index is 1030. The van der Waals surface area contributed by atoms with Crippen LogP contribution in [0, 0.1) is 23.7 Å². The quantitative estimate of drug-likeness (QED) is 0.543. The van der Waals surface area contributed by atoms with Crippen LogP contribution in [0.1, 0.15) is 16.8 Å². The van der Waals surface area contributed by atoms with Crippen LogP contribution in [0.5, 0.6) is 0 Å². The highest BCUT2D eigenvalue weighted by molar-refractivity contribution is 7.15. The van der Waals surface area contributed by atoms with Crippen molar-refractivity contribution in [1.29, 1.82) is 0 Å². The van der Waals surface area contributed by atoms with Crippen molar-refractivity contribution in [3.8, 4) is 11.1 Å². The zero-order valence-electron chi connectivity index (χ0n) is 15.4. The molecule has 2 aromatic rings. The molecule has 1 aromatic heterocycles. The number of carboxylic acids is 1. The molecule has 4 atom stereocenters. The number of methoxy groups -OCH3 is 1. The molecule has 1 amide bonds. The standard InChI is InChI=1S/C21H18ClNO5S/c1-28-21(27)17-13(12-4-2-3-5-14(12)22)9-29-19(17)23-18(24)15-10-6-7-11(8-10)16(15)20(25)26/h2-7,9-11,15-16H,8H2,1H3,(H,23,24)(H,25,26)/t10-,11-,15-,16-/m0/s1. The summed E-state index contributed by atoms with van der Waals surface area (Å²) in [5.74, 6) is -3.63. The number of carbonyl (C=O) groups excluding carboxylic acids is 2. The normalized spacial score (nSPS) is 24.5. The van der Waals surface area contributed by atoms with Crippen LogP contribution in [0.2, 0.25) is 5.02 Å². The molecule has 0 aliphatic heterocycles. The van der Waals surface area contributed by atoms with Gasteiger partial charge in [0.1, 0.15) is 10.6 Å². The first-order valence-corrected chi connectivity index (χ1v) is 10.3. The number of aliphatic carboxylic acids is 1. The van der Waals surface area contributed by atoms with Crippen LogP contribution >= 0.6 is 22.9 Å². The lowest BCUT2D eigenvalue weighted by molar-refractivity contribution is -0.146. The van der Waals surface area contributed by atoms with E-state index in [4.69, 9.17) is 16.3 Å². The molecule has 0 saturated heterocycles. The molecule has 1 heterocycles. The van der Waals surface area contributed by atoms with Crippen molar-refractivity contribution < 1.29 is 24.2 Å². The van der Waals surface area contributed by atoms with Gasteiger partial charge < -0.3 is 15.2 Å². The molecule has 29 heavy (non-hydrogen) atoms. The minimum absolute atomic E-state index is 0.106. The van der Waals surface area contributed by atoms with Gasteiger partial charge in [0.25, 0.3) is 0 Å². The van der Waals surface area contributed by atoms with Crippen LogP contribution in [-0.2, 0) is 14.3 Å². The Balaban J connectivity index is 1.68. The highest BCUT2D eigenvalue weighted by Gasteiger charge is 2.51. The van der Waals surface area contributed by atoms with Gasteiger partial charge in [0.2, 0.25) is 5.91 Å². The first kappa shape index (κ1) is 19.7. The number of hydrogen-bond donors (Lipinski definition) is 2. The summed E-state index contributed by atoms with van der Waals surface area (Å²) >= 11 is 7.47. The molecular weight excluding hydrogens is 414 g/mol. The van der Waals surface area contributed by atoms with E-state index in [0.717, 1.165) is 0 Å². The maximum Gasteiger partial charge on any atom is 0.341 e. The topological polar surface area (TPSA) is 92.7 Å². The number of halogens is 1. The predicted octanol–water partition coefficient (Wildman–Crippen LogP) is 4.32. The van der Waals surface area contributed by atoms with Crippen LogP contribution < -0.4 is 5.32 Å². The van der Waals surface area contributed by atoms with E-state index in [1.807, 2.05) is 12.2 Å². The average molecular weight is 432 g/mol. The first-order chi connectivity index (χ1) is 13.9. The second kappa shape index (κ2) is 7.65. The Labute approximate surface area is 176 Å². The van der Waals surface area contributed by atoms with Crippen molar-refractivity contribution in [3.63, 3.8) is 0 Å². The smallest absolute Gasteiger partial charge is 0.341 e. The molecule has 1 saturated carbocycles. The van der Waals surface area contributed by atoms with E-state index in [2.05, 4.69) is 5.32 Å². The number of carboxylic acid groups (broad SMARTS) is 1. The van der Waals surface area contributed by atoms with Gasteiger partial charge in [-0.3, -0.25) is 9.59 Å². The van der Waals surface area contributed by atoms with Crippen molar-refractivity contribution in [1.82, 2.24) is 0 Å². The number of allylic oxidation sites excluding steroid dienone is 2. The van der Waals surface area contributed by atoms with Crippen LogP contribution in [0.15, 0.2) is 41.8 Å². The van der Waals surface area contributed by atoms with Crippen molar-refractivity contribution in [2.45, 2.75) is 6.42 Å². The fourth-order valence-corrected chi connectivity index (χ4v) is 5.53. The molecule has 2 aliphatic carbocycles. The van der Waals surface area contributed by atoms with Crippen LogP contribution in [-0.4, -0.2) is 30.1 Å². The summed E-state index contributed by atoms with van der Waals surface area (Å²) in [5.41, 5.74) is 1.42. The molecule has 2 bridgehead atoms. The van der Waals surface area contributed by atoms with Gasteiger partial charge >= 0.3 is 11.9 Å². The first-order valence-electron chi connectivity index (χ1n) is 9.09. The van der Waals surface area contributed by atoms with E-state index < -0.39 is 29.7 Å². The van der Waals surface area contributed by atoms with E-state index in [1.54, 1.807) is 29.6 Å². The Morgan fingerprint density at radius 3 is 2.48 bits per heavy atom. The summed E-state index contributed by atoms with van der Waals surface area (Å²) < 4.78 is 4.92. The zero-order valence-corrected chi connectivity index (χ0v) is 17.0. The summed E-state index contributed by atoms with van der Waals surface area (Å²) in [4.78, 5) is 37.2. The number of rotatable bonds is 5. The number of carbonyl (C=O) groups is 3. The molecule has 1 aromatic carbocycles. The average Bonchev–Trinajstić information content (AvgIpc) is 3.42. The second-order valence-electron chi connectivity index (χ2n) is 7.15. The fraction of sp³-hybridized carbons (Fsp3) is 0.286. The Morgan fingerprint density at radius 1 is 1.14 bits per heavy atom. The summed E-state index contributed by atoms with van der Waals surface area (Å²) in [6.07, 6.45) is 4.46. The van der Waals surface area contributed by atoms with Gasteiger partial charge in [0, 0.05) is 21.5 Å². The zero-order chi connectivity index (χ0) is 20.7. The number of nitrogens with one attached hydrogen (secondary N) is 1. The third kappa shape index (κ3) is 3.34. The van der Waals surface area contributed by atoms with E-state index >= 15 is 0 Å². The van der Waals surface area contributed by atoms with Crippen molar-refractivity contribution in [2.24, 2.45) is 23.7 Å². The molecule has 150 valence electrons. The minimum atomic E-state index is -0.974. The molecule has 0 unspecified atom stereocenters. The van der Waals surface area contributed by atoms with Gasteiger partial charge in [-0.15, -0.1) is 11.3 Å². The lowest BCUT2D eigenvalue weighted by Gasteiger charge is -2.23. The maximum atomic E-state index is 13.0. The highest BCUT2D eigenvalue weighted by Crippen LogP contribution is 2.49. The third-order valence-corrected chi connectivity index (χ3v) is 6.85. The number of thiophene rings is 1. The fourth-order valence-electron chi connectivity index (χ4n) is 4.34. The SMILES string of the molecule is COC(=O)c1c(-c2ccccc2Cl)csc1NC(=O)[C@@H]1[C@@H](C(=O)O)[C@H]2C=C[C@H]1C2. The van der Waals surface area contributed by atoms with Crippen molar-refractivity contribution in [2.75, 3.05) is 12.4 Å².